The Morgan fingerprint density at radius 1 is 1.55 bits per heavy atom. The Bertz CT molecular complexity index is 708. The van der Waals surface area contributed by atoms with Crippen molar-refractivity contribution in [3.8, 4) is 0 Å². The predicted octanol–water partition coefficient (Wildman–Crippen LogP) is 2.25. The van der Waals surface area contributed by atoms with E-state index in [0.717, 1.165) is 23.1 Å². The summed E-state index contributed by atoms with van der Waals surface area (Å²) in [4.78, 5) is 29.0. The van der Waals surface area contributed by atoms with Gasteiger partial charge in [-0.25, -0.2) is 4.98 Å². The molecule has 9 heteroatoms. The van der Waals surface area contributed by atoms with Crippen LogP contribution in [0.1, 0.15) is 23.6 Å². The summed E-state index contributed by atoms with van der Waals surface area (Å²) in [6, 6.07) is 2.68. The number of hydrogen-bond donors (Lipinski definition) is 2. The summed E-state index contributed by atoms with van der Waals surface area (Å²) in [6.07, 6.45) is -0.780. The Balaban J connectivity index is 2.41. The molecule has 20 heavy (non-hydrogen) atoms. The molecule has 0 amide bonds. The van der Waals surface area contributed by atoms with E-state index in [1.165, 1.54) is 19.1 Å². The number of thiophene rings is 1. The highest BCUT2D eigenvalue weighted by Gasteiger charge is 2.22. The Kier molecular flexibility index (Phi) is 4.21. The number of nitrogens with one attached hydrogen (secondary N) is 1. The second-order valence-corrected chi connectivity index (χ2v) is 6.39. The van der Waals surface area contributed by atoms with Gasteiger partial charge in [0.1, 0.15) is 4.21 Å². The summed E-state index contributed by atoms with van der Waals surface area (Å²) in [5.74, 6) is 0. The molecule has 0 aliphatic rings. The average molecular weight is 313 g/mol. The van der Waals surface area contributed by atoms with E-state index in [9.17, 15) is 20.0 Å². The maximum absolute atomic E-state index is 11.4. The molecule has 0 bridgehead atoms. The lowest BCUT2D eigenvalue weighted by Gasteiger charge is -1.99. The Hall–Kier alpha value is -1.71. The molecule has 2 N–H and O–H groups in total. The normalized spacial score (nSPS) is 12.3. The van der Waals surface area contributed by atoms with Crippen LogP contribution < -0.4 is 5.56 Å². The summed E-state index contributed by atoms with van der Waals surface area (Å²) >= 11 is 2.12. The van der Waals surface area contributed by atoms with Gasteiger partial charge in [0.2, 0.25) is 0 Å². The van der Waals surface area contributed by atoms with Crippen LogP contribution in [0.25, 0.3) is 0 Å². The zero-order valence-corrected chi connectivity index (χ0v) is 12.2. The topological polar surface area (TPSA) is 109 Å². The first-order valence-corrected chi connectivity index (χ1v) is 7.22. The van der Waals surface area contributed by atoms with Crippen LogP contribution in [-0.2, 0) is 0 Å². The van der Waals surface area contributed by atoms with Crippen LogP contribution in [0.4, 0.5) is 5.69 Å². The van der Waals surface area contributed by atoms with Crippen molar-refractivity contribution >= 4 is 28.8 Å². The molecule has 2 rings (SSSR count). The summed E-state index contributed by atoms with van der Waals surface area (Å²) in [7, 11) is 0. The zero-order valence-electron chi connectivity index (χ0n) is 10.6. The monoisotopic (exact) mass is 313 g/mol. The van der Waals surface area contributed by atoms with E-state index in [2.05, 4.69) is 9.97 Å². The van der Waals surface area contributed by atoms with Crippen LogP contribution in [0.3, 0.4) is 0 Å². The second kappa shape index (κ2) is 5.73. The van der Waals surface area contributed by atoms with Crippen LogP contribution in [0.2, 0.25) is 0 Å². The summed E-state index contributed by atoms with van der Waals surface area (Å²) in [5.41, 5.74) is 0.126. The van der Waals surface area contributed by atoms with Crippen LogP contribution in [0.5, 0.6) is 0 Å². The van der Waals surface area contributed by atoms with Crippen molar-refractivity contribution in [1.82, 2.24) is 9.97 Å². The van der Waals surface area contributed by atoms with Gasteiger partial charge < -0.3 is 10.1 Å². The van der Waals surface area contributed by atoms with Gasteiger partial charge in [-0.2, -0.15) is 0 Å². The summed E-state index contributed by atoms with van der Waals surface area (Å²) < 4.78 is 0.375. The maximum atomic E-state index is 11.4. The highest BCUT2D eigenvalue weighted by Crippen LogP contribution is 2.41. The third kappa shape index (κ3) is 3.24. The highest BCUT2D eigenvalue weighted by atomic mass is 32.2. The largest absolute Gasteiger partial charge is 0.388 e. The van der Waals surface area contributed by atoms with Crippen LogP contribution >= 0.6 is 23.1 Å². The van der Waals surface area contributed by atoms with E-state index in [4.69, 9.17) is 0 Å². The number of aliphatic hydroxyl groups excluding tert-OH is 1. The van der Waals surface area contributed by atoms with Gasteiger partial charge in [0.05, 0.1) is 11.0 Å². The van der Waals surface area contributed by atoms with Gasteiger partial charge in [0.25, 0.3) is 11.2 Å². The van der Waals surface area contributed by atoms with E-state index in [1.807, 2.05) is 0 Å². The van der Waals surface area contributed by atoms with Gasteiger partial charge in [-0.1, -0.05) is 0 Å². The first kappa shape index (κ1) is 14.7. The van der Waals surface area contributed by atoms with Crippen LogP contribution in [0.15, 0.2) is 26.3 Å². The molecule has 0 saturated carbocycles. The second-order valence-electron chi connectivity index (χ2n) is 4.05. The minimum Gasteiger partial charge on any atom is -0.388 e. The Morgan fingerprint density at radius 3 is 2.80 bits per heavy atom. The van der Waals surface area contributed by atoms with E-state index in [-0.39, 0.29) is 16.4 Å². The fraction of sp³-hybridized carbons (Fsp3) is 0.273. The van der Waals surface area contributed by atoms with Gasteiger partial charge >= 0.3 is 0 Å². The molecule has 0 fully saturated rings. The van der Waals surface area contributed by atoms with Crippen molar-refractivity contribution in [2.75, 3.05) is 0 Å². The van der Waals surface area contributed by atoms with Crippen LogP contribution in [0, 0.1) is 17.0 Å². The zero-order chi connectivity index (χ0) is 14.9. The first-order valence-electron chi connectivity index (χ1n) is 5.59. The van der Waals surface area contributed by atoms with Gasteiger partial charge in [-0.3, -0.25) is 14.9 Å². The molecule has 0 aliphatic heterocycles. The number of H-pyrrole nitrogens is 1. The molecule has 0 saturated heterocycles. The molecular weight excluding hydrogens is 302 g/mol. The summed E-state index contributed by atoms with van der Waals surface area (Å²) in [5, 5.41) is 20.8. The third-order valence-electron chi connectivity index (χ3n) is 2.34. The number of nitrogens with zero attached hydrogens (tertiary/aromatic N) is 2. The third-order valence-corrected chi connectivity index (χ3v) is 4.71. The molecule has 2 heterocycles. The number of aliphatic hydroxyl groups is 1. The smallest absolute Gasteiger partial charge is 0.294 e. The molecule has 2 aromatic rings. The molecule has 0 spiro atoms. The molecule has 7 nitrogen and oxygen atoms in total. The number of hydrogen-bond acceptors (Lipinski definition) is 7. The molecular formula is C11H11N3O4S2. The van der Waals surface area contributed by atoms with Crippen molar-refractivity contribution in [3.05, 3.63) is 43.2 Å². The molecule has 0 aliphatic carbocycles. The van der Waals surface area contributed by atoms with Crippen molar-refractivity contribution in [3.63, 3.8) is 0 Å². The maximum Gasteiger partial charge on any atom is 0.294 e. The minimum absolute atomic E-state index is 0.0972. The van der Waals surface area contributed by atoms with E-state index in [1.54, 1.807) is 6.92 Å². The number of nitro groups is 1. The Morgan fingerprint density at radius 2 is 2.25 bits per heavy atom. The van der Waals surface area contributed by atoms with Gasteiger partial charge in [0.15, 0.2) is 5.16 Å². The van der Waals surface area contributed by atoms with E-state index in [0.29, 0.717) is 14.8 Å². The summed E-state index contributed by atoms with van der Waals surface area (Å²) in [6.45, 7) is 3.21. The van der Waals surface area contributed by atoms with Crippen molar-refractivity contribution in [2.24, 2.45) is 0 Å². The standard InChI is InChI=1S/C11H11N3O4S2/c1-5-3-9(16)13-11(12-5)20-10-7(14(17)18)4-8(19-10)6(2)15/h3-4,6,15H,1-2H3,(H,12,13,16). The number of rotatable bonds is 4. The molecule has 1 unspecified atom stereocenters. The molecule has 0 radical (unpaired) electrons. The van der Waals surface area contributed by atoms with Crippen molar-refractivity contribution in [2.45, 2.75) is 29.3 Å². The Labute approximate surface area is 121 Å². The average Bonchev–Trinajstić information content (AvgIpc) is 2.71. The fourth-order valence-electron chi connectivity index (χ4n) is 1.48. The van der Waals surface area contributed by atoms with E-state index < -0.39 is 11.0 Å². The predicted molar refractivity (Wildman–Crippen MR) is 75.3 cm³/mol. The minimum atomic E-state index is -0.780. The lowest BCUT2D eigenvalue weighted by molar-refractivity contribution is -0.387. The first-order chi connectivity index (χ1) is 9.36. The lowest BCUT2D eigenvalue weighted by Crippen LogP contribution is -2.07. The van der Waals surface area contributed by atoms with Crippen LogP contribution in [-0.4, -0.2) is 20.0 Å². The molecule has 1 atom stereocenters. The van der Waals surface area contributed by atoms with Crippen molar-refractivity contribution < 1.29 is 10.0 Å². The van der Waals surface area contributed by atoms with Gasteiger partial charge in [-0.15, -0.1) is 11.3 Å². The number of aryl methyl sites for hydroxylation is 1. The molecule has 106 valence electrons. The fourth-order valence-corrected chi connectivity index (χ4v) is 3.72. The SMILES string of the molecule is Cc1cc(=O)[nH]c(Sc2sc(C(C)O)cc2[N+](=O)[O-])n1. The highest BCUT2D eigenvalue weighted by molar-refractivity contribution is 8.01. The quantitative estimate of drug-likeness (QED) is 0.509. The number of aromatic amines is 1. The molecule has 2 aromatic heterocycles. The lowest BCUT2D eigenvalue weighted by atomic mass is 10.3. The number of aromatic nitrogens is 2. The van der Waals surface area contributed by atoms with Crippen molar-refractivity contribution in [1.29, 1.82) is 0 Å². The molecule has 0 aromatic carbocycles. The van der Waals surface area contributed by atoms with E-state index >= 15 is 0 Å². The van der Waals surface area contributed by atoms with Gasteiger partial charge in [-0.05, 0) is 25.6 Å². The van der Waals surface area contributed by atoms with Gasteiger partial charge in [0, 0.05) is 22.7 Å².